The van der Waals surface area contributed by atoms with Crippen molar-refractivity contribution in [1.82, 2.24) is 9.97 Å². The molecule has 206 valence electrons. The van der Waals surface area contributed by atoms with E-state index in [2.05, 4.69) is 106 Å². The Bertz CT molecular complexity index is 2000. The van der Waals surface area contributed by atoms with Crippen LogP contribution in [0.1, 0.15) is 41.7 Å². The average Bonchev–Trinajstić information content (AvgIpc) is 2.97. The van der Waals surface area contributed by atoms with Crippen molar-refractivity contribution in [2.75, 3.05) is 4.90 Å². The number of hydrogen-bond acceptors (Lipinski definition) is 4. The molecule has 4 nitrogen and oxygen atoms in total. The van der Waals surface area contributed by atoms with Crippen LogP contribution in [0.3, 0.4) is 0 Å². The fourth-order valence-electron chi connectivity index (χ4n) is 6.75. The van der Waals surface area contributed by atoms with Crippen molar-refractivity contribution in [3.63, 3.8) is 0 Å². The lowest BCUT2D eigenvalue weighted by atomic mass is 9.73. The van der Waals surface area contributed by atoms with Gasteiger partial charge in [0.05, 0.1) is 17.1 Å². The Morgan fingerprint density at radius 2 is 1.45 bits per heavy atom. The first-order valence-corrected chi connectivity index (χ1v) is 14.4. The minimum atomic E-state index is -0.211. The first kappa shape index (κ1) is 26.0. The summed E-state index contributed by atoms with van der Waals surface area (Å²) >= 11 is 0. The highest BCUT2D eigenvalue weighted by Gasteiger charge is 2.37. The Labute approximate surface area is 247 Å². The second-order valence-electron chi connectivity index (χ2n) is 11.9. The molecule has 6 aromatic rings. The minimum Gasteiger partial charge on any atom is -0.506 e. The molecule has 0 radical (unpaired) electrons. The van der Waals surface area contributed by atoms with Crippen LogP contribution >= 0.6 is 0 Å². The highest BCUT2D eigenvalue weighted by atomic mass is 16.3. The number of aromatic nitrogens is 2. The Hall–Kier alpha value is -4.96. The van der Waals surface area contributed by atoms with E-state index in [0.29, 0.717) is 5.52 Å². The summed E-state index contributed by atoms with van der Waals surface area (Å²) in [6.07, 6.45) is 1.92. The highest BCUT2D eigenvalue weighted by Crippen LogP contribution is 2.52. The van der Waals surface area contributed by atoms with E-state index >= 15 is 0 Å². The molecule has 4 aromatic carbocycles. The van der Waals surface area contributed by atoms with Gasteiger partial charge in [0.15, 0.2) is 0 Å². The molecule has 0 amide bonds. The van der Waals surface area contributed by atoms with Gasteiger partial charge in [-0.15, -0.1) is 0 Å². The third-order valence-corrected chi connectivity index (χ3v) is 8.67. The molecule has 7 rings (SSSR count). The van der Waals surface area contributed by atoms with Gasteiger partial charge < -0.3 is 5.11 Å². The van der Waals surface area contributed by atoms with Crippen molar-refractivity contribution in [2.24, 2.45) is 0 Å². The van der Waals surface area contributed by atoms with Crippen molar-refractivity contribution >= 4 is 28.1 Å². The minimum absolute atomic E-state index is 0.187. The summed E-state index contributed by atoms with van der Waals surface area (Å²) in [5, 5.41) is 11.4. The van der Waals surface area contributed by atoms with Crippen LogP contribution < -0.4 is 4.90 Å². The average molecular weight is 548 g/mol. The number of aromatic hydroxyl groups is 1. The molecule has 0 spiro atoms. The molecule has 0 atom stereocenters. The fraction of sp³-hybridized carbons (Fsp3) is 0.158. The van der Waals surface area contributed by atoms with Gasteiger partial charge in [0.1, 0.15) is 17.1 Å². The Balaban J connectivity index is 1.44. The van der Waals surface area contributed by atoms with E-state index in [4.69, 9.17) is 9.97 Å². The summed E-state index contributed by atoms with van der Waals surface area (Å²) in [7, 11) is 0. The van der Waals surface area contributed by atoms with Gasteiger partial charge >= 0.3 is 0 Å². The molecule has 1 N–H and O–H groups in total. The summed E-state index contributed by atoms with van der Waals surface area (Å²) in [5.74, 6) is 1.06. The first-order chi connectivity index (χ1) is 20.2. The van der Waals surface area contributed by atoms with Crippen molar-refractivity contribution in [3.05, 3.63) is 131 Å². The fourth-order valence-corrected chi connectivity index (χ4v) is 6.75. The van der Waals surface area contributed by atoms with Crippen molar-refractivity contribution in [3.8, 4) is 28.1 Å². The van der Waals surface area contributed by atoms with E-state index in [1.165, 1.54) is 33.4 Å². The van der Waals surface area contributed by atoms with E-state index in [-0.39, 0.29) is 11.2 Å². The molecule has 0 aliphatic carbocycles. The molecule has 2 aromatic heterocycles. The van der Waals surface area contributed by atoms with Crippen LogP contribution in [-0.4, -0.2) is 15.1 Å². The van der Waals surface area contributed by atoms with Gasteiger partial charge in [0, 0.05) is 22.6 Å². The van der Waals surface area contributed by atoms with E-state index in [9.17, 15) is 5.11 Å². The van der Waals surface area contributed by atoms with Crippen LogP contribution in [0.2, 0.25) is 0 Å². The van der Waals surface area contributed by atoms with Crippen LogP contribution in [0.4, 0.5) is 17.2 Å². The lowest BCUT2D eigenvalue weighted by Crippen LogP contribution is -2.31. The second-order valence-corrected chi connectivity index (χ2v) is 11.9. The van der Waals surface area contributed by atoms with E-state index in [1.807, 2.05) is 30.5 Å². The summed E-state index contributed by atoms with van der Waals surface area (Å²) in [6.45, 7) is 11.1. The number of aryl methyl sites for hydroxylation is 3. The number of phenolic OH excluding ortho intramolecular Hbond substituents is 1. The Morgan fingerprint density at radius 3 is 2.26 bits per heavy atom. The smallest absolute Gasteiger partial charge is 0.141 e. The van der Waals surface area contributed by atoms with Crippen LogP contribution in [0.25, 0.3) is 33.3 Å². The first-order valence-electron chi connectivity index (χ1n) is 14.4. The topological polar surface area (TPSA) is 49.2 Å². The molecule has 3 heterocycles. The van der Waals surface area contributed by atoms with Gasteiger partial charge in [0.2, 0.25) is 0 Å². The third kappa shape index (κ3) is 4.06. The third-order valence-electron chi connectivity index (χ3n) is 8.67. The maximum Gasteiger partial charge on any atom is 0.141 e. The normalized spacial score (nSPS) is 13.6. The zero-order chi connectivity index (χ0) is 29.2. The predicted octanol–water partition coefficient (Wildman–Crippen LogP) is 9.70. The number of fused-ring (bicyclic) bond motifs is 3. The molecule has 4 heteroatoms. The number of phenols is 1. The predicted molar refractivity (Wildman–Crippen MR) is 173 cm³/mol. The second kappa shape index (κ2) is 9.56. The number of anilines is 3. The van der Waals surface area contributed by atoms with Crippen LogP contribution in [0.15, 0.2) is 103 Å². The largest absolute Gasteiger partial charge is 0.506 e. The summed E-state index contributed by atoms with van der Waals surface area (Å²) in [5.41, 5.74) is 13.1. The van der Waals surface area contributed by atoms with E-state index in [1.54, 1.807) is 6.07 Å². The molecule has 0 saturated heterocycles. The SMILES string of the molecule is Cc1cc(C)c(-c2ccnc(N3c4ccccc4C(C)(C)c4ccc(-c5ccc6cccc(O)c6n5)cc43)c2)c(C)c1. The zero-order valence-electron chi connectivity index (χ0n) is 24.6. The van der Waals surface area contributed by atoms with Crippen molar-refractivity contribution < 1.29 is 5.11 Å². The molecule has 42 heavy (non-hydrogen) atoms. The standard InChI is InChI=1S/C38H33N3O/c1-23-19-24(2)36(25(3)20-23)28-17-18-39-35(22-28)41-32-11-7-6-10-29(32)38(4,5)30-15-13-27(21-33(30)41)31-16-14-26-9-8-12-34(42)37(26)40-31/h6-22,42H,1-5H3. The molecule has 0 fully saturated rings. The van der Waals surface area contributed by atoms with Gasteiger partial charge in [-0.2, -0.15) is 0 Å². The van der Waals surface area contributed by atoms with Crippen LogP contribution in [0, 0.1) is 20.8 Å². The van der Waals surface area contributed by atoms with Crippen LogP contribution in [0.5, 0.6) is 5.75 Å². The van der Waals surface area contributed by atoms with Crippen molar-refractivity contribution in [1.29, 1.82) is 0 Å². The highest BCUT2D eigenvalue weighted by molar-refractivity contribution is 5.90. The number of pyridine rings is 2. The number of hydrogen-bond donors (Lipinski definition) is 1. The van der Waals surface area contributed by atoms with Gasteiger partial charge in [-0.3, -0.25) is 4.90 Å². The Kier molecular flexibility index (Phi) is 5.91. The van der Waals surface area contributed by atoms with Gasteiger partial charge in [-0.1, -0.05) is 80.1 Å². The van der Waals surface area contributed by atoms with Gasteiger partial charge in [-0.25, -0.2) is 9.97 Å². The van der Waals surface area contributed by atoms with Gasteiger partial charge in [0.25, 0.3) is 0 Å². The molecule has 0 saturated carbocycles. The van der Waals surface area contributed by atoms with Crippen LogP contribution in [-0.2, 0) is 5.41 Å². The molecule has 0 bridgehead atoms. The molecule has 1 aliphatic rings. The maximum atomic E-state index is 10.5. The summed E-state index contributed by atoms with van der Waals surface area (Å²) in [6, 6.07) is 33.6. The maximum absolute atomic E-state index is 10.5. The quantitative estimate of drug-likeness (QED) is 0.240. The number of benzene rings is 4. The number of nitrogens with zero attached hydrogens (tertiary/aromatic N) is 3. The van der Waals surface area contributed by atoms with Crippen molar-refractivity contribution in [2.45, 2.75) is 40.0 Å². The monoisotopic (exact) mass is 547 g/mol. The molecular formula is C38H33N3O. The summed E-state index contributed by atoms with van der Waals surface area (Å²) < 4.78 is 0. The number of rotatable bonds is 3. The van der Waals surface area contributed by atoms with E-state index < -0.39 is 0 Å². The van der Waals surface area contributed by atoms with Gasteiger partial charge in [-0.05, 0) is 90.6 Å². The molecule has 0 unspecified atom stereocenters. The van der Waals surface area contributed by atoms with E-state index in [0.717, 1.165) is 39.4 Å². The number of para-hydroxylation sites is 2. The summed E-state index contributed by atoms with van der Waals surface area (Å²) in [4.78, 5) is 12.1. The lowest BCUT2D eigenvalue weighted by molar-refractivity contribution is 0.480. The molecule has 1 aliphatic heterocycles. The Morgan fingerprint density at radius 1 is 0.690 bits per heavy atom. The lowest BCUT2D eigenvalue weighted by Gasteiger charge is -2.41. The molecular weight excluding hydrogens is 514 g/mol. The zero-order valence-corrected chi connectivity index (χ0v) is 24.6.